The summed E-state index contributed by atoms with van der Waals surface area (Å²) < 4.78 is 7.05. The minimum atomic E-state index is -0.876. The standard InChI is InChI=1S/C20H28N4O4/c1-13(25)28-12-17-21-18-14(22(17)5)7-6-8-15(18)23-9-10-24(19(26)27)16(11-23)20(2,3)4/h6-8,16H,9-12H2,1-5H3,(H,26,27). The van der Waals surface area contributed by atoms with E-state index in [1.165, 1.54) is 6.92 Å². The van der Waals surface area contributed by atoms with E-state index in [-0.39, 0.29) is 24.0 Å². The molecular weight excluding hydrogens is 360 g/mol. The van der Waals surface area contributed by atoms with Gasteiger partial charge in [-0.15, -0.1) is 0 Å². The Kier molecular flexibility index (Phi) is 5.23. The summed E-state index contributed by atoms with van der Waals surface area (Å²) in [7, 11) is 1.90. The van der Waals surface area contributed by atoms with E-state index in [1.54, 1.807) is 4.90 Å². The zero-order valence-electron chi connectivity index (χ0n) is 17.1. The largest absolute Gasteiger partial charge is 0.465 e. The molecular formula is C20H28N4O4. The van der Waals surface area contributed by atoms with Crippen molar-refractivity contribution in [2.75, 3.05) is 24.5 Å². The minimum Gasteiger partial charge on any atom is -0.465 e. The number of carboxylic acid groups (broad SMARTS) is 1. The van der Waals surface area contributed by atoms with E-state index >= 15 is 0 Å². The smallest absolute Gasteiger partial charge is 0.407 e. The number of carbonyl (C=O) groups excluding carboxylic acids is 1. The number of hydrogen-bond acceptors (Lipinski definition) is 5. The molecule has 0 spiro atoms. The van der Waals surface area contributed by atoms with E-state index in [2.05, 4.69) is 25.7 Å². The Morgan fingerprint density at radius 1 is 1.29 bits per heavy atom. The van der Waals surface area contributed by atoms with Gasteiger partial charge in [-0.05, 0) is 17.5 Å². The lowest BCUT2D eigenvalue weighted by Crippen LogP contribution is -2.59. The van der Waals surface area contributed by atoms with E-state index in [4.69, 9.17) is 9.72 Å². The number of rotatable bonds is 3. The first-order valence-corrected chi connectivity index (χ1v) is 9.41. The first-order chi connectivity index (χ1) is 13.1. The highest BCUT2D eigenvalue weighted by molar-refractivity contribution is 5.89. The Hall–Kier alpha value is -2.77. The molecule has 1 saturated heterocycles. The first kappa shape index (κ1) is 20.0. The quantitative estimate of drug-likeness (QED) is 0.814. The van der Waals surface area contributed by atoms with Crippen LogP contribution in [0.1, 0.15) is 33.5 Å². The van der Waals surface area contributed by atoms with Gasteiger partial charge in [-0.3, -0.25) is 4.79 Å². The van der Waals surface area contributed by atoms with Gasteiger partial charge >= 0.3 is 12.1 Å². The number of imidazole rings is 1. The van der Waals surface area contributed by atoms with Crippen molar-refractivity contribution in [3.63, 3.8) is 0 Å². The van der Waals surface area contributed by atoms with Gasteiger partial charge in [0, 0.05) is 33.6 Å². The van der Waals surface area contributed by atoms with Crippen LogP contribution in [0.4, 0.5) is 10.5 Å². The molecule has 0 saturated carbocycles. The van der Waals surface area contributed by atoms with E-state index in [0.717, 1.165) is 16.7 Å². The van der Waals surface area contributed by atoms with E-state index in [1.807, 2.05) is 29.8 Å². The number of piperazine rings is 1. The molecule has 2 aromatic rings. The van der Waals surface area contributed by atoms with Crippen LogP contribution in [0.25, 0.3) is 11.0 Å². The van der Waals surface area contributed by atoms with E-state index in [0.29, 0.717) is 25.5 Å². The highest BCUT2D eigenvalue weighted by Crippen LogP contribution is 2.33. The average Bonchev–Trinajstić information content (AvgIpc) is 2.95. The number of amides is 1. The van der Waals surface area contributed by atoms with Crippen molar-refractivity contribution >= 4 is 28.8 Å². The van der Waals surface area contributed by atoms with Crippen LogP contribution < -0.4 is 4.90 Å². The number of carbonyl (C=O) groups is 2. The number of aryl methyl sites for hydroxylation is 1. The molecule has 1 N–H and O–H groups in total. The molecule has 8 heteroatoms. The van der Waals surface area contributed by atoms with Gasteiger partial charge in [0.1, 0.15) is 17.9 Å². The van der Waals surface area contributed by atoms with Crippen molar-refractivity contribution in [2.24, 2.45) is 12.5 Å². The molecule has 1 fully saturated rings. The number of para-hydroxylation sites is 1. The fourth-order valence-electron chi connectivity index (χ4n) is 3.77. The van der Waals surface area contributed by atoms with Crippen molar-refractivity contribution < 1.29 is 19.4 Å². The predicted octanol–water partition coefficient (Wildman–Crippen LogP) is 2.85. The maximum Gasteiger partial charge on any atom is 0.407 e. The fourth-order valence-corrected chi connectivity index (χ4v) is 3.77. The van der Waals surface area contributed by atoms with Crippen LogP contribution in [-0.4, -0.2) is 57.3 Å². The number of nitrogens with zero attached hydrogens (tertiary/aromatic N) is 4. The summed E-state index contributed by atoms with van der Waals surface area (Å²) in [5.74, 6) is 0.333. The van der Waals surface area contributed by atoms with Crippen LogP contribution in [0.5, 0.6) is 0 Å². The lowest BCUT2D eigenvalue weighted by atomic mass is 9.84. The second kappa shape index (κ2) is 7.33. The number of hydrogen-bond donors (Lipinski definition) is 1. The Balaban J connectivity index is 1.96. The summed E-state index contributed by atoms with van der Waals surface area (Å²) in [4.78, 5) is 31.3. The Labute approximate surface area is 164 Å². The SMILES string of the molecule is CC(=O)OCc1nc2c(N3CCN(C(=O)O)C(C(C)(C)C)C3)cccc2n1C. The molecule has 1 aliphatic heterocycles. The van der Waals surface area contributed by atoms with Gasteiger partial charge in [0.25, 0.3) is 0 Å². The number of benzene rings is 1. The van der Waals surface area contributed by atoms with Crippen molar-refractivity contribution in [3.8, 4) is 0 Å². The normalized spacial score (nSPS) is 17.8. The molecule has 1 atom stereocenters. The molecule has 1 amide bonds. The molecule has 28 heavy (non-hydrogen) atoms. The maximum absolute atomic E-state index is 11.7. The third-order valence-corrected chi connectivity index (χ3v) is 5.35. The summed E-state index contributed by atoms with van der Waals surface area (Å²) >= 11 is 0. The number of anilines is 1. The van der Waals surface area contributed by atoms with Crippen LogP contribution in [0, 0.1) is 5.41 Å². The summed E-state index contributed by atoms with van der Waals surface area (Å²) in [5, 5.41) is 9.59. The van der Waals surface area contributed by atoms with Crippen molar-refractivity contribution in [1.29, 1.82) is 0 Å². The fraction of sp³-hybridized carbons (Fsp3) is 0.550. The summed E-state index contributed by atoms with van der Waals surface area (Å²) in [6.07, 6.45) is -0.876. The molecule has 152 valence electrons. The highest BCUT2D eigenvalue weighted by atomic mass is 16.5. The Morgan fingerprint density at radius 3 is 2.61 bits per heavy atom. The summed E-state index contributed by atoms with van der Waals surface area (Å²) in [5.41, 5.74) is 2.58. The average molecular weight is 388 g/mol. The minimum absolute atomic E-state index is 0.122. The molecule has 2 heterocycles. The molecule has 1 aromatic carbocycles. The lowest BCUT2D eigenvalue weighted by Gasteiger charge is -2.46. The number of aromatic nitrogens is 2. The van der Waals surface area contributed by atoms with Crippen LogP contribution in [-0.2, 0) is 23.2 Å². The molecule has 0 aliphatic carbocycles. The zero-order chi connectivity index (χ0) is 20.6. The molecule has 1 aliphatic rings. The van der Waals surface area contributed by atoms with Crippen LogP contribution in [0.15, 0.2) is 18.2 Å². The Bertz CT molecular complexity index is 899. The van der Waals surface area contributed by atoms with Gasteiger partial charge in [0.2, 0.25) is 0 Å². The predicted molar refractivity (Wildman–Crippen MR) is 106 cm³/mol. The van der Waals surface area contributed by atoms with Gasteiger partial charge in [-0.2, -0.15) is 0 Å². The third kappa shape index (κ3) is 3.76. The summed E-state index contributed by atoms with van der Waals surface area (Å²) in [6, 6.07) is 5.85. The van der Waals surface area contributed by atoms with Gasteiger partial charge in [0.15, 0.2) is 0 Å². The van der Waals surface area contributed by atoms with Crippen molar-refractivity contribution in [3.05, 3.63) is 24.0 Å². The highest BCUT2D eigenvalue weighted by Gasteiger charge is 2.38. The Morgan fingerprint density at radius 2 is 2.00 bits per heavy atom. The molecule has 0 radical (unpaired) electrons. The molecule has 8 nitrogen and oxygen atoms in total. The van der Waals surface area contributed by atoms with Crippen molar-refractivity contribution in [2.45, 2.75) is 40.3 Å². The topological polar surface area (TPSA) is 87.9 Å². The van der Waals surface area contributed by atoms with E-state index in [9.17, 15) is 14.7 Å². The van der Waals surface area contributed by atoms with Crippen LogP contribution in [0.2, 0.25) is 0 Å². The monoisotopic (exact) mass is 388 g/mol. The van der Waals surface area contributed by atoms with Crippen molar-refractivity contribution in [1.82, 2.24) is 14.5 Å². The van der Waals surface area contributed by atoms with Gasteiger partial charge < -0.3 is 24.2 Å². The maximum atomic E-state index is 11.7. The molecule has 0 bridgehead atoms. The zero-order valence-corrected chi connectivity index (χ0v) is 17.1. The first-order valence-electron chi connectivity index (χ1n) is 9.41. The van der Waals surface area contributed by atoms with E-state index < -0.39 is 6.09 Å². The number of fused-ring (bicyclic) bond motifs is 1. The van der Waals surface area contributed by atoms with Crippen LogP contribution >= 0.6 is 0 Å². The van der Waals surface area contributed by atoms with Gasteiger partial charge in [0.05, 0.1) is 17.2 Å². The second-order valence-electron chi connectivity index (χ2n) is 8.32. The molecule has 1 aromatic heterocycles. The van der Waals surface area contributed by atoms with Gasteiger partial charge in [-0.25, -0.2) is 9.78 Å². The molecule has 1 unspecified atom stereocenters. The second-order valence-corrected chi connectivity index (χ2v) is 8.32. The summed E-state index contributed by atoms with van der Waals surface area (Å²) in [6.45, 7) is 9.35. The van der Waals surface area contributed by atoms with Crippen LogP contribution in [0.3, 0.4) is 0 Å². The number of ether oxygens (including phenoxy) is 1. The van der Waals surface area contributed by atoms with Gasteiger partial charge in [-0.1, -0.05) is 26.8 Å². The molecule has 3 rings (SSSR count). The lowest BCUT2D eigenvalue weighted by molar-refractivity contribution is -0.142. The number of esters is 1. The third-order valence-electron chi connectivity index (χ3n) is 5.35.